The van der Waals surface area contributed by atoms with Crippen LogP contribution < -0.4 is 0 Å². The Hall–Kier alpha value is -3.08. The van der Waals surface area contributed by atoms with Crippen LogP contribution in [0.15, 0.2) is 81.0 Å². The van der Waals surface area contributed by atoms with Gasteiger partial charge in [0.25, 0.3) is 0 Å². The number of hydrogen-bond acceptors (Lipinski definition) is 21. The minimum Gasteiger partial charge on any atom is -0.253 e. The van der Waals surface area contributed by atoms with Gasteiger partial charge in [-0.2, -0.15) is 8.75 Å². The van der Waals surface area contributed by atoms with Gasteiger partial charge in [0, 0.05) is 40.1 Å². The van der Waals surface area contributed by atoms with E-state index >= 15 is 0 Å². The highest BCUT2D eigenvalue weighted by molar-refractivity contribution is 7.07. The monoisotopic (exact) mass is 1330 g/mol. The fourth-order valence-electron chi connectivity index (χ4n) is 0.970. The number of aromatic nitrogens is 14. The molecular formula is C63H154N14S7. The highest BCUT2D eigenvalue weighted by Gasteiger charge is 1.71. The van der Waals surface area contributed by atoms with E-state index in [1.54, 1.807) is 57.5 Å². The van der Waals surface area contributed by atoms with E-state index in [-0.39, 0.29) is 52.0 Å². The number of thiazole rings is 1. The van der Waals surface area contributed by atoms with Gasteiger partial charge in [-0.1, -0.05) is 308 Å². The summed E-state index contributed by atoms with van der Waals surface area (Å²) in [5.74, 6) is 5.83. The molecule has 7 aromatic rings. The smallest absolute Gasteiger partial charge is 0.153 e. The van der Waals surface area contributed by atoms with Crippen molar-refractivity contribution in [1.82, 2.24) is 67.3 Å². The van der Waals surface area contributed by atoms with Gasteiger partial charge in [-0.25, -0.2) is 9.36 Å². The molecule has 84 heavy (non-hydrogen) atoms. The Bertz CT molecular complexity index is 990. The zero-order valence-corrected chi connectivity index (χ0v) is 62.0. The van der Waals surface area contributed by atoms with E-state index < -0.39 is 0 Å². The molecule has 0 saturated carbocycles. The van der Waals surface area contributed by atoms with Crippen LogP contribution in [0.4, 0.5) is 0 Å². The normalized spacial score (nSPS) is 6.83. The van der Waals surface area contributed by atoms with Crippen molar-refractivity contribution in [2.24, 2.45) is 41.4 Å². The predicted molar refractivity (Wildman–Crippen MR) is 410 cm³/mol. The summed E-state index contributed by atoms with van der Waals surface area (Å²) < 4.78 is 21.3. The van der Waals surface area contributed by atoms with Gasteiger partial charge in [0.05, 0.1) is 23.4 Å². The summed E-state index contributed by atoms with van der Waals surface area (Å²) in [6.45, 7) is 73.5. The Kier molecular flexibility index (Phi) is 305. The molecule has 7 heterocycles. The van der Waals surface area contributed by atoms with Crippen molar-refractivity contribution < 1.29 is 0 Å². The molecule has 0 amide bonds. The fraction of sp³-hybridized carbons (Fsp3) is 0.778. The van der Waals surface area contributed by atoms with Gasteiger partial charge in [0.15, 0.2) is 6.33 Å². The molecular weight excluding hydrogens is 1180 g/mol. The molecule has 7 aromatic heterocycles. The minimum atomic E-state index is 0. The third kappa shape index (κ3) is 470. The van der Waals surface area contributed by atoms with Crippen molar-refractivity contribution in [3.8, 4) is 0 Å². The second-order valence-corrected chi connectivity index (χ2v) is 20.8. The van der Waals surface area contributed by atoms with Crippen LogP contribution >= 0.6 is 80.5 Å². The molecule has 0 aliphatic heterocycles. The average Bonchev–Trinajstić information content (AvgIpc) is 4.26. The van der Waals surface area contributed by atoms with Gasteiger partial charge < -0.3 is 0 Å². The lowest BCUT2D eigenvalue weighted by Crippen LogP contribution is -1.66. The number of hydrogen-bond donors (Lipinski definition) is 0. The molecule has 0 radical (unpaired) electrons. The topological polar surface area (TPSA) is 180 Å². The molecule has 14 nitrogen and oxygen atoms in total. The highest BCUT2D eigenvalue weighted by Crippen LogP contribution is 1.87. The molecule has 0 saturated heterocycles. The van der Waals surface area contributed by atoms with Gasteiger partial charge in [-0.15, -0.1) is 48.2 Å². The average molecular weight is 1330 g/mol. The first-order valence-electron chi connectivity index (χ1n) is 27.5. The summed E-state index contributed by atoms with van der Waals surface area (Å²) in [5.41, 5.74) is 8.40. The summed E-state index contributed by atoms with van der Waals surface area (Å²) in [5, 5.41) is 26.2. The van der Waals surface area contributed by atoms with Crippen molar-refractivity contribution >= 4 is 80.5 Å². The Labute approximate surface area is 560 Å². The second-order valence-electron chi connectivity index (χ2n) is 16.2. The molecule has 7 rings (SSSR count). The zero-order chi connectivity index (χ0) is 63.8. The largest absolute Gasteiger partial charge is 0.253 e. The minimum absolute atomic E-state index is 0. The van der Waals surface area contributed by atoms with Crippen LogP contribution in [0.3, 0.4) is 0 Å². The van der Waals surface area contributed by atoms with Crippen molar-refractivity contribution in [2.45, 2.75) is 294 Å². The first-order chi connectivity index (χ1) is 36.6. The first kappa shape index (κ1) is 144. The molecule has 0 aliphatic carbocycles. The molecule has 0 aliphatic rings. The summed E-state index contributed by atoms with van der Waals surface area (Å²) in [6.07, 6.45) is 8.12. The molecule has 0 spiro atoms. The van der Waals surface area contributed by atoms with Crippen molar-refractivity contribution in [3.05, 3.63) is 81.0 Å². The fourth-order valence-corrected chi connectivity index (χ4v) is 2.91. The summed E-state index contributed by atoms with van der Waals surface area (Å²) >= 11 is 9.60. The van der Waals surface area contributed by atoms with E-state index in [4.69, 9.17) is 0 Å². The van der Waals surface area contributed by atoms with Gasteiger partial charge in [0.2, 0.25) is 0 Å². The van der Waals surface area contributed by atoms with Crippen molar-refractivity contribution in [3.63, 3.8) is 0 Å². The van der Waals surface area contributed by atoms with Gasteiger partial charge >= 0.3 is 0 Å². The Balaban J connectivity index is -0.0000000262. The van der Waals surface area contributed by atoms with Crippen LogP contribution in [0, 0.1) is 41.4 Å². The van der Waals surface area contributed by atoms with E-state index in [1.165, 1.54) is 70.1 Å². The highest BCUT2D eigenvalue weighted by atomic mass is 32.1. The van der Waals surface area contributed by atoms with Crippen LogP contribution in [0.2, 0.25) is 0 Å². The van der Waals surface area contributed by atoms with E-state index in [0.29, 0.717) is 0 Å². The maximum atomic E-state index is 3.76. The van der Waals surface area contributed by atoms with Gasteiger partial charge in [-0.3, -0.25) is 4.98 Å². The van der Waals surface area contributed by atoms with Crippen LogP contribution in [0.1, 0.15) is 294 Å². The second kappa shape index (κ2) is 178. The lowest BCUT2D eigenvalue weighted by atomic mass is 10.3. The van der Waals surface area contributed by atoms with Gasteiger partial charge in [0.1, 0.15) is 28.4 Å². The van der Waals surface area contributed by atoms with Crippen LogP contribution in [-0.4, -0.2) is 67.3 Å². The van der Waals surface area contributed by atoms with Crippen LogP contribution in [0.25, 0.3) is 0 Å². The van der Waals surface area contributed by atoms with E-state index in [9.17, 15) is 0 Å². The quantitative estimate of drug-likeness (QED) is 0.140. The third-order valence-electron chi connectivity index (χ3n) is 2.00. The Morgan fingerprint density at radius 3 is 0.738 bits per heavy atom. The Morgan fingerprint density at radius 2 is 0.655 bits per heavy atom. The predicted octanol–water partition coefficient (Wildman–Crippen LogP) is 27.0. The summed E-state index contributed by atoms with van der Waals surface area (Å²) in [7, 11) is 0. The third-order valence-corrected chi connectivity index (χ3v) is 5.05. The van der Waals surface area contributed by atoms with Crippen molar-refractivity contribution in [2.75, 3.05) is 0 Å². The number of rotatable bonds is 0. The zero-order valence-electron chi connectivity index (χ0n) is 56.2. The standard InChI is InChI=1S/7C4H10.2C3H3NS.3C2H2N2S.7C2H6.2CHN3S.7CH4/c7*1-4(2)3;1-2-5-3-4-1;1-2-4-5-3-1;1-3-4-2-5-1;1-3-2-5-4-1;1-2-5-4-3-1;7*1-2;1-2-3-4-5-1;1-2-4-5-3-1;;;;;;;/h7*4H,1-3H3;2*1-3H;3*1-2H;7*1-2H3;2*1H;7*1H4. The molecule has 0 N–H and O–H groups in total. The lowest BCUT2D eigenvalue weighted by Gasteiger charge is -1.79. The Morgan fingerprint density at radius 1 is 0.262 bits per heavy atom. The number of nitrogens with zero attached hydrogens (tertiary/aromatic N) is 14. The SMILES string of the molecule is C.C.C.C.C.C.C.CC.CC.CC.CC.CC.CC.CC.CC(C)C.CC(C)C.CC(C)C.CC(C)C.CC(C)C.CC(C)C.CC(C)C.c1cnsc1.c1cscn1.c1csnn1.c1ncsn1.c1nncs1.c1nnns1.c1nnsn1. The molecule has 0 bridgehead atoms. The van der Waals surface area contributed by atoms with Gasteiger partial charge in [-0.05, 0) is 87.3 Å². The lowest BCUT2D eigenvalue weighted by molar-refractivity contribution is 0.736. The van der Waals surface area contributed by atoms with Crippen LogP contribution in [-0.2, 0) is 0 Å². The van der Waals surface area contributed by atoms with Crippen LogP contribution in [0.5, 0.6) is 0 Å². The maximum absolute atomic E-state index is 3.76. The van der Waals surface area contributed by atoms with E-state index in [2.05, 4.69) is 213 Å². The molecule has 0 atom stereocenters. The summed E-state index contributed by atoms with van der Waals surface area (Å²) in [4.78, 5) is 7.37. The van der Waals surface area contributed by atoms with E-state index in [0.717, 1.165) is 53.2 Å². The van der Waals surface area contributed by atoms with E-state index in [1.807, 2.05) is 119 Å². The molecule has 518 valence electrons. The molecule has 0 unspecified atom stereocenters. The molecule has 21 heteroatoms. The van der Waals surface area contributed by atoms with Crippen molar-refractivity contribution in [1.29, 1.82) is 0 Å². The maximum Gasteiger partial charge on any atom is 0.153 e. The molecule has 0 fully saturated rings. The molecule has 0 aromatic carbocycles. The summed E-state index contributed by atoms with van der Waals surface area (Å²) in [6, 6.07) is 1.91. The first-order valence-corrected chi connectivity index (χ1v) is 33.5.